The number of benzene rings is 2. The molecule has 0 fully saturated rings. The van der Waals surface area contributed by atoms with Crippen molar-refractivity contribution < 1.29 is 13.0 Å². The second kappa shape index (κ2) is 7.55. The summed E-state index contributed by atoms with van der Waals surface area (Å²) in [5.41, 5.74) is 0.530. The fourth-order valence-corrected chi connectivity index (χ4v) is 2.16. The third kappa shape index (κ3) is 7.22. The lowest BCUT2D eigenvalue weighted by Crippen LogP contribution is -2.01. The monoisotopic (exact) mass is 316 g/mol. The highest BCUT2D eigenvalue weighted by atomic mass is 35.5. The first-order chi connectivity index (χ1) is 8.88. The minimum Gasteiger partial charge on any atom is -0.748 e. The highest BCUT2D eigenvalue weighted by Crippen LogP contribution is 2.12. The molecule has 0 heterocycles. The van der Waals surface area contributed by atoms with Gasteiger partial charge in [0.25, 0.3) is 0 Å². The Morgan fingerprint density at radius 3 is 1.95 bits per heavy atom. The highest BCUT2D eigenvalue weighted by molar-refractivity contribution is 7.84. The van der Waals surface area contributed by atoms with Crippen LogP contribution in [0.25, 0.3) is 0 Å². The van der Waals surface area contributed by atoms with Crippen molar-refractivity contribution in [3.8, 4) is 0 Å². The molecule has 0 aromatic heterocycles. The molecule has 0 aliphatic rings. The zero-order valence-corrected chi connectivity index (χ0v) is 12.5. The second-order valence-corrected chi connectivity index (χ2v) is 6.02. The maximum absolute atomic E-state index is 10.2. The Morgan fingerprint density at radius 2 is 1.53 bits per heavy atom. The third-order valence-corrected chi connectivity index (χ3v) is 3.67. The van der Waals surface area contributed by atoms with Gasteiger partial charge in [-0.25, -0.2) is 8.42 Å². The molecule has 0 unspecified atom stereocenters. The second-order valence-electron chi connectivity index (χ2n) is 3.67. The summed E-state index contributed by atoms with van der Waals surface area (Å²) in [6, 6.07) is 15.9. The van der Waals surface area contributed by atoms with Gasteiger partial charge in [-0.2, -0.15) is 0 Å². The lowest BCUT2D eigenvalue weighted by molar-refractivity contribution is 0.462. The molecule has 2 aromatic rings. The van der Waals surface area contributed by atoms with Crippen LogP contribution in [-0.2, 0) is 28.5 Å². The summed E-state index contributed by atoms with van der Waals surface area (Å²) in [5.74, 6) is -0.423. The molecule has 0 amide bonds. The van der Waals surface area contributed by atoms with E-state index >= 15 is 0 Å². The van der Waals surface area contributed by atoms with Crippen molar-refractivity contribution in [3.63, 3.8) is 0 Å². The molecule has 0 aliphatic heterocycles. The molecule has 0 N–H and O–H groups in total. The summed E-state index contributed by atoms with van der Waals surface area (Å²) in [7, 11) is -4.13. The average Bonchev–Trinajstić information content (AvgIpc) is 2.33. The predicted octanol–water partition coefficient (Wildman–Crippen LogP) is 2.44. The molecule has 102 valence electrons. The van der Waals surface area contributed by atoms with E-state index in [1.54, 1.807) is 30.3 Å². The Kier molecular flexibility index (Phi) is 6.37. The van der Waals surface area contributed by atoms with Crippen LogP contribution in [0, 0.1) is 0 Å². The van der Waals surface area contributed by atoms with Crippen molar-refractivity contribution in [2.75, 3.05) is 0 Å². The molecule has 0 atom stereocenters. The molecular formula is C13H13ClO3S2. The van der Waals surface area contributed by atoms with E-state index in [0.717, 1.165) is 9.92 Å². The van der Waals surface area contributed by atoms with Crippen molar-refractivity contribution in [2.24, 2.45) is 0 Å². The van der Waals surface area contributed by atoms with Crippen LogP contribution in [0.2, 0.25) is 5.02 Å². The van der Waals surface area contributed by atoms with E-state index in [4.69, 9.17) is 11.6 Å². The Morgan fingerprint density at radius 1 is 1.00 bits per heavy atom. The van der Waals surface area contributed by atoms with Gasteiger partial charge in [0.05, 0.1) is 20.9 Å². The van der Waals surface area contributed by atoms with Crippen LogP contribution in [0.5, 0.6) is 0 Å². The topological polar surface area (TPSA) is 57.2 Å². The minimum atomic E-state index is -4.13. The van der Waals surface area contributed by atoms with Gasteiger partial charge in [-0.1, -0.05) is 54.1 Å². The van der Waals surface area contributed by atoms with Crippen molar-refractivity contribution in [1.29, 1.82) is 0 Å². The van der Waals surface area contributed by atoms with Crippen LogP contribution in [-0.4, -0.2) is 13.0 Å². The third-order valence-electron chi connectivity index (χ3n) is 2.06. The first kappa shape index (κ1) is 16.0. The van der Waals surface area contributed by atoms with Gasteiger partial charge in [0.15, 0.2) is 4.90 Å². The van der Waals surface area contributed by atoms with Crippen LogP contribution in [0.4, 0.5) is 0 Å². The lowest BCUT2D eigenvalue weighted by Gasteiger charge is -2.05. The zero-order chi connectivity index (χ0) is 14.3. The molecule has 0 saturated heterocycles. The molecule has 19 heavy (non-hydrogen) atoms. The van der Waals surface area contributed by atoms with Gasteiger partial charge in [0.1, 0.15) is 0 Å². The van der Waals surface area contributed by atoms with Gasteiger partial charge in [0.2, 0.25) is 0 Å². The van der Waals surface area contributed by atoms with Gasteiger partial charge >= 0.3 is 0 Å². The quantitative estimate of drug-likeness (QED) is 0.631. The zero-order valence-electron chi connectivity index (χ0n) is 9.91. The van der Waals surface area contributed by atoms with Crippen molar-refractivity contribution >= 4 is 34.3 Å². The molecule has 0 bridgehead atoms. The van der Waals surface area contributed by atoms with E-state index in [9.17, 15) is 13.0 Å². The minimum absolute atomic E-state index is 0.423. The van der Waals surface area contributed by atoms with E-state index in [1.165, 1.54) is 0 Å². The SMILES string of the molecule is O=S(=O)([O-])Cc1ccccc1.[SH2+]c1ccccc1Cl. The van der Waals surface area contributed by atoms with Gasteiger partial charge < -0.3 is 4.55 Å². The molecule has 2 rings (SSSR count). The Balaban J connectivity index is 0.000000200. The smallest absolute Gasteiger partial charge is 0.168 e. The Bertz CT molecular complexity index is 592. The van der Waals surface area contributed by atoms with Crippen molar-refractivity contribution in [1.82, 2.24) is 0 Å². The molecule has 2 aromatic carbocycles. The van der Waals surface area contributed by atoms with E-state index in [1.807, 2.05) is 24.3 Å². The standard InChI is InChI=1S/C7H8O3S.C6H5ClS/c8-11(9,10)6-7-4-2-1-3-5-7;7-5-3-1-2-4-6(5)8/h1-5H,6H2,(H,8,9,10);1-4,8H. The van der Waals surface area contributed by atoms with Gasteiger partial charge in [0, 0.05) is 0 Å². The first-order valence-corrected chi connectivity index (χ1v) is 7.77. The van der Waals surface area contributed by atoms with Gasteiger partial charge in [-0.05, 0) is 30.3 Å². The molecule has 0 spiro atoms. The summed E-state index contributed by atoms with van der Waals surface area (Å²) in [4.78, 5) is 0.939. The molecule has 0 radical (unpaired) electrons. The summed E-state index contributed by atoms with van der Waals surface area (Å²) < 4.78 is 30.7. The Labute approximate surface area is 123 Å². The molecule has 0 aliphatic carbocycles. The molecule has 0 saturated carbocycles. The number of halogens is 1. The Hall–Kier alpha value is -1.01. The van der Waals surface area contributed by atoms with E-state index < -0.39 is 15.9 Å². The fraction of sp³-hybridized carbons (Fsp3) is 0.0769. The van der Waals surface area contributed by atoms with Crippen LogP contribution in [0.3, 0.4) is 0 Å². The van der Waals surface area contributed by atoms with Crippen LogP contribution in [0.1, 0.15) is 5.56 Å². The highest BCUT2D eigenvalue weighted by Gasteiger charge is 1.96. The fourth-order valence-electron chi connectivity index (χ4n) is 1.24. The molecular weight excluding hydrogens is 304 g/mol. The average molecular weight is 317 g/mol. The van der Waals surface area contributed by atoms with E-state index in [2.05, 4.69) is 12.6 Å². The first-order valence-electron chi connectivity index (χ1n) is 5.32. The summed E-state index contributed by atoms with van der Waals surface area (Å²) in [6.45, 7) is 0. The lowest BCUT2D eigenvalue weighted by atomic mass is 10.2. The summed E-state index contributed by atoms with van der Waals surface area (Å²) in [6.07, 6.45) is 0. The largest absolute Gasteiger partial charge is 0.748 e. The normalized spacial score (nSPS) is 10.5. The van der Waals surface area contributed by atoms with Gasteiger partial charge in [-0.3, -0.25) is 0 Å². The maximum Gasteiger partial charge on any atom is 0.168 e. The maximum atomic E-state index is 10.2. The van der Waals surface area contributed by atoms with Gasteiger partial charge in [-0.15, -0.1) is 0 Å². The van der Waals surface area contributed by atoms with E-state index in [-0.39, 0.29) is 0 Å². The predicted molar refractivity (Wildman–Crippen MR) is 79.7 cm³/mol. The molecule has 3 nitrogen and oxygen atoms in total. The van der Waals surface area contributed by atoms with Crippen molar-refractivity contribution in [3.05, 3.63) is 65.2 Å². The van der Waals surface area contributed by atoms with E-state index in [0.29, 0.717) is 5.56 Å². The summed E-state index contributed by atoms with van der Waals surface area (Å²) in [5, 5.41) is 0.754. The molecule has 6 heteroatoms. The number of rotatable bonds is 2. The van der Waals surface area contributed by atoms with Crippen LogP contribution < -0.4 is 0 Å². The van der Waals surface area contributed by atoms with Crippen LogP contribution in [0.15, 0.2) is 59.5 Å². The van der Waals surface area contributed by atoms with Crippen LogP contribution >= 0.6 is 11.6 Å². The number of hydrogen-bond donors (Lipinski definition) is 0. The van der Waals surface area contributed by atoms with Crippen molar-refractivity contribution in [2.45, 2.75) is 10.6 Å². The summed E-state index contributed by atoms with van der Waals surface area (Å²) >= 11 is 8.97. The number of hydrogen-bond acceptors (Lipinski definition) is 3.